The van der Waals surface area contributed by atoms with Crippen LogP contribution < -0.4 is 0 Å². The van der Waals surface area contributed by atoms with Crippen molar-refractivity contribution in [2.24, 2.45) is 0 Å². The van der Waals surface area contributed by atoms with Gasteiger partial charge in [0, 0.05) is 17.9 Å². The zero-order chi connectivity index (χ0) is 11.7. The fourth-order valence-corrected chi connectivity index (χ4v) is 2.25. The van der Waals surface area contributed by atoms with Crippen molar-refractivity contribution in [3.05, 3.63) is 47.5 Å². The van der Waals surface area contributed by atoms with Gasteiger partial charge in [-0.1, -0.05) is 31.7 Å². The van der Waals surface area contributed by atoms with Crippen LogP contribution >= 0.6 is 0 Å². The van der Waals surface area contributed by atoms with Gasteiger partial charge >= 0.3 is 0 Å². The summed E-state index contributed by atoms with van der Waals surface area (Å²) in [5.74, 6) is 0.00111. The summed E-state index contributed by atoms with van der Waals surface area (Å²) in [5.41, 5.74) is 2.82. The molecule has 16 heavy (non-hydrogen) atoms. The summed E-state index contributed by atoms with van der Waals surface area (Å²) in [4.78, 5) is 23.2. The fourth-order valence-electron chi connectivity index (χ4n) is 2.25. The molecular formula is C14H14O2. The predicted octanol–water partition coefficient (Wildman–Crippen LogP) is 2.67. The number of Topliss-reactive ketones (excluding diaryl/α,β-unsaturated/α-hetero) is 1. The van der Waals surface area contributed by atoms with Crippen molar-refractivity contribution in [3.8, 4) is 0 Å². The number of carbonyl (C=O) groups excluding carboxylic acids is 2. The number of benzene rings is 1. The third-order valence-electron chi connectivity index (χ3n) is 3.21. The molecule has 1 aromatic rings. The standard InChI is InChI=1S/C14H14O2/c1-3-13(15)9(2)10-5-4-6-12-11(10)7-8-14(12)16/h3-6,9H,1,7-8H2,2H3. The number of allylic oxidation sites excluding steroid dienone is 1. The van der Waals surface area contributed by atoms with Crippen molar-refractivity contribution in [2.45, 2.75) is 25.7 Å². The minimum atomic E-state index is -0.196. The van der Waals surface area contributed by atoms with Gasteiger partial charge in [0.25, 0.3) is 0 Å². The Hall–Kier alpha value is -1.70. The van der Waals surface area contributed by atoms with Gasteiger partial charge in [-0.2, -0.15) is 0 Å². The molecular weight excluding hydrogens is 200 g/mol. The summed E-state index contributed by atoms with van der Waals surface area (Å²) in [5, 5.41) is 0. The molecule has 2 heteroatoms. The number of hydrogen-bond donors (Lipinski definition) is 0. The van der Waals surface area contributed by atoms with Crippen LogP contribution in [0.2, 0.25) is 0 Å². The highest BCUT2D eigenvalue weighted by molar-refractivity contribution is 6.02. The van der Waals surface area contributed by atoms with Crippen LogP contribution in [0.4, 0.5) is 0 Å². The molecule has 0 aliphatic heterocycles. The summed E-state index contributed by atoms with van der Waals surface area (Å²) < 4.78 is 0. The Morgan fingerprint density at radius 2 is 2.19 bits per heavy atom. The molecule has 0 N–H and O–H groups in total. The molecule has 1 aliphatic rings. The number of ketones is 2. The molecule has 0 spiro atoms. The average Bonchev–Trinajstić information content (AvgIpc) is 2.69. The molecule has 1 unspecified atom stereocenters. The smallest absolute Gasteiger partial charge is 0.163 e. The van der Waals surface area contributed by atoms with Crippen LogP contribution in [0.3, 0.4) is 0 Å². The third kappa shape index (κ3) is 1.60. The third-order valence-corrected chi connectivity index (χ3v) is 3.21. The SMILES string of the molecule is C=CC(=O)C(C)c1cccc2c1CCC2=O. The van der Waals surface area contributed by atoms with Crippen molar-refractivity contribution in [2.75, 3.05) is 0 Å². The maximum absolute atomic E-state index is 11.6. The second-order valence-corrected chi connectivity index (χ2v) is 4.12. The number of hydrogen-bond acceptors (Lipinski definition) is 2. The molecule has 0 bridgehead atoms. The van der Waals surface area contributed by atoms with Gasteiger partial charge in [0.1, 0.15) is 0 Å². The second-order valence-electron chi connectivity index (χ2n) is 4.12. The molecule has 2 nitrogen and oxygen atoms in total. The normalized spacial score (nSPS) is 15.7. The van der Waals surface area contributed by atoms with Crippen molar-refractivity contribution < 1.29 is 9.59 Å². The highest BCUT2D eigenvalue weighted by atomic mass is 16.1. The fraction of sp³-hybridized carbons (Fsp3) is 0.286. The molecule has 1 aromatic carbocycles. The van der Waals surface area contributed by atoms with Crippen LogP contribution in [-0.4, -0.2) is 11.6 Å². The molecule has 0 saturated heterocycles. The molecule has 0 aromatic heterocycles. The van der Waals surface area contributed by atoms with E-state index in [9.17, 15) is 9.59 Å². The summed E-state index contributed by atoms with van der Waals surface area (Å²) in [6.45, 7) is 5.36. The van der Waals surface area contributed by atoms with E-state index in [1.54, 1.807) is 0 Å². The monoisotopic (exact) mass is 214 g/mol. The van der Waals surface area contributed by atoms with Gasteiger partial charge in [-0.05, 0) is 23.6 Å². The lowest BCUT2D eigenvalue weighted by Gasteiger charge is -2.12. The molecule has 0 radical (unpaired) electrons. The maximum atomic E-state index is 11.6. The average molecular weight is 214 g/mol. The van der Waals surface area contributed by atoms with Gasteiger partial charge in [-0.15, -0.1) is 0 Å². The quantitative estimate of drug-likeness (QED) is 0.725. The van der Waals surface area contributed by atoms with E-state index in [1.165, 1.54) is 6.08 Å². The van der Waals surface area contributed by atoms with E-state index in [2.05, 4.69) is 6.58 Å². The van der Waals surface area contributed by atoms with Crippen LogP contribution in [0.25, 0.3) is 0 Å². The van der Waals surface area contributed by atoms with Gasteiger partial charge in [-0.3, -0.25) is 9.59 Å². The zero-order valence-electron chi connectivity index (χ0n) is 9.32. The molecule has 0 saturated carbocycles. The molecule has 0 fully saturated rings. The second kappa shape index (κ2) is 4.05. The van der Waals surface area contributed by atoms with E-state index in [0.717, 1.165) is 23.1 Å². The lowest BCUT2D eigenvalue weighted by Crippen LogP contribution is -2.08. The van der Waals surface area contributed by atoms with Crippen LogP contribution in [0, 0.1) is 0 Å². The molecule has 0 amide bonds. The van der Waals surface area contributed by atoms with Gasteiger partial charge in [-0.25, -0.2) is 0 Å². The van der Waals surface area contributed by atoms with Crippen molar-refractivity contribution in [3.63, 3.8) is 0 Å². The van der Waals surface area contributed by atoms with Crippen molar-refractivity contribution >= 4 is 11.6 Å². The Morgan fingerprint density at radius 3 is 2.88 bits per heavy atom. The van der Waals surface area contributed by atoms with Crippen LogP contribution in [-0.2, 0) is 11.2 Å². The van der Waals surface area contributed by atoms with E-state index in [4.69, 9.17) is 0 Å². The minimum Gasteiger partial charge on any atom is -0.294 e. The highest BCUT2D eigenvalue weighted by Crippen LogP contribution is 2.30. The first-order chi connectivity index (χ1) is 7.65. The number of fused-ring (bicyclic) bond motifs is 1. The maximum Gasteiger partial charge on any atom is 0.163 e. The first-order valence-electron chi connectivity index (χ1n) is 5.46. The first kappa shape index (κ1) is 10.8. The van der Waals surface area contributed by atoms with Crippen molar-refractivity contribution in [1.29, 1.82) is 0 Å². The molecule has 0 heterocycles. The minimum absolute atomic E-state index is 0.00717. The van der Waals surface area contributed by atoms with Gasteiger partial charge in [0.05, 0.1) is 0 Å². The predicted molar refractivity (Wildman–Crippen MR) is 62.7 cm³/mol. The van der Waals surface area contributed by atoms with Crippen LogP contribution in [0.1, 0.15) is 40.7 Å². The molecule has 2 rings (SSSR count). The topological polar surface area (TPSA) is 34.1 Å². The number of rotatable bonds is 3. The Morgan fingerprint density at radius 1 is 1.44 bits per heavy atom. The van der Waals surface area contributed by atoms with E-state index in [-0.39, 0.29) is 17.5 Å². The van der Waals surface area contributed by atoms with Gasteiger partial charge in [0.15, 0.2) is 11.6 Å². The van der Waals surface area contributed by atoms with E-state index >= 15 is 0 Å². The number of carbonyl (C=O) groups is 2. The largest absolute Gasteiger partial charge is 0.294 e. The summed E-state index contributed by atoms with van der Waals surface area (Å²) in [6, 6.07) is 5.63. The van der Waals surface area contributed by atoms with E-state index in [0.29, 0.717) is 6.42 Å². The molecule has 82 valence electrons. The van der Waals surface area contributed by atoms with E-state index in [1.807, 2.05) is 25.1 Å². The summed E-state index contributed by atoms with van der Waals surface area (Å²) >= 11 is 0. The van der Waals surface area contributed by atoms with E-state index < -0.39 is 0 Å². The van der Waals surface area contributed by atoms with Gasteiger partial charge < -0.3 is 0 Å². The lowest BCUT2D eigenvalue weighted by atomic mass is 9.90. The summed E-state index contributed by atoms with van der Waals surface area (Å²) in [7, 11) is 0. The Labute approximate surface area is 95.0 Å². The zero-order valence-corrected chi connectivity index (χ0v) is 9.32. The molecule has 1 aliphatic carbocycles. The highest BCUT2D eigenvalue weighted by Gasteiger charge is 2.25. The lowest BCUT2D eigenvalue weighted by molar-refractivity contribution is -0.115. The first-order valence-corrected chi connectivity index (χ1v) is 5.46. The summed E-state index contributed by atoms with van der Waals surface area (Å²) in [6.07, 6.45) is 2.68. The van der Waals surface area contributed by atoms with Crippen LogP contribution in [0.5, 0.6) is 0 Å². The van der Waals surface area contributed by atoms with Gasteiger partial charge in [0.2, 0.25) is 0 Å². The van der Waals surface area contributed by atoms with Crippen LogP contribution in [0.15, 0.2) is 30.9 Å². The Bertz CT molecular complexity index is 472. The van der Waals surface area contributed by atoms with Crippen molar-refractivity contribution in [1.82, 2.24) is 0 Å². The molecule has 1 atom stereocenters. The Balaban J connectivity index is 2.47. The Kier molecular flexibility index (Phi) is 2.73.